The highest BCUT2D eigenvalue weighted by atomic mass is 16.2. The molecule has 3 aliphatic rings. The molecule has 2 aliphatic heterocycles. The van der Waals surface area contributed by atoms with Crippen LogP contribution in [0.3, 0.4) is 0 Å². The van der Waals surface area contributed by atoms with E-state index in [0.29, 0.717) is 24.4 Å². The van der Waals surface area contributed by atoms with Gasteiger partial charge in [-0.05, 0) is 31.2 Å². The second-order valence-corrected chi connectivity index (χ2v) is 8.90. The van der Waals surface area contributed by atoms with E-state index in [1.54, 1.807) is 6.07 Å². The summed E-state index contributed by atoms with van der Waals surface area (Å²) in [5.74, 6) is 0.679. The number of likely N-dealkylation sites (tertiary alicyclic amines) is 1. The van der Waals surface area contributed by atoms with Gasteiger partial charge >= 0.3 is 0 Å². The van der Waals surface area contributed by atoms with Gasteiger partial charge < -0.3 is 9.47 Å². The van der Waals surface area contributed by atoms with Gasteiger partial charge in [0.25, 0.3) is 5.56 Å². The number of pyridine rings is 1. The molecule has 2 bridgehead atoms. The van der Waals surface area contributed by atoms with E-state index in [9.17, 15) is 14.4 Å². The van der Waals surface area contributed by atoms with Crippen molar-refractivity contribution in [3.05, 3.63) is 34.2 Å². The molecule has 1 aromatic rings. The van der Waals surface area contributed by atoms with E-state index in [4.69, 9.17) is 0 Å². The van der Waals surface area contributed by atoms with Crippen LogP contribution in [-0.4, -0.2) is 58.8 Å². The number of nitrogens with zero attached hydrogens (tertiary/aromatic N) is 3. The number of Topliss-reactive ketones (excluding diaryl/α,β-unsaturated/α-hetero) is 1. The summed E-state index contributed by atoms with van der Waals surface area (Å²) in [6, 6.07) is 5.80. The highest BCUT2D eigenvalue weighted by molar-refractivity contribution is 5.99. The second kappa shape index (κ2) is 8.19. The van der Waals surface area contributed by atoms with Gasteiger partial charge in [-0.1, -0.05) is 25.3 Å². The summed E-state index contributed by atoms with van der Waals surface area (Å²) in [5, 5.41) is 0. The van der Waals surface area contributed by atoms with Crippen LogP contribution in [0.2, 0.25) is 0 Å². The minimum atomic E-state index is -0.0361. The molecule has 3 heterocycles. The van der Waals surface area contributed by atoms with E-state index in [1.807, 2.05) is 28.6 Å². The first-order chi connectivity index (χ1) is 13.5. The number of piperidine rings is 1. The number of ketones is 1. The second-order valence-electron chi connectivity index (χ2n) is 8.90. The number of hydrogen-bond acceptors (Lipinski definition) is 4. The predicted octanol–water partition coefficient (Wildman–Crippen LogP) is 2.02. The van der Waals surface area contributed by atoms with Crippen LogP contribution in [0.5, 0.6) is 0 Å². The SMILES string of the molecule is CN(C(=O)CC(=O)CN1CC2CC(C1)c1cccc(=O)n1C2)C1CCCCC1. The van der Waals surface area contributed by atoms with Gasteiger partial charge in [-0.2, -0.15) is 0 Å². The molecule has 1 amide bonds. The topological polar surface area (TPSA) is 62.6 Å². The van der Waals surface area contributed by atoms with Crippen molar-refractivity contribution in [1.82, 2.24) is 14.4 Å². The molecule has 1 saturated carbocycles. The van der Waals surface area contributed by atoms with E-state index < -0.39 is 0 Å². The van der Waals surface area contributed by atoms with Crippen LogP contribution in [0.1, 0.15) is 56.6 Å². The summed E-state index contributed by atoms with van der Waals surface area (Å²) < 4.78 is 1.90. The lowest BCUT2D eigenvalue weighted by atomic mass is 9.83. The Morgan fingerprint density at radius 2 is 1.89 bits per heavy atom. The molecule has 1 aromatic heterocycles. The zero-order valence-electron chi connectivity index (χ0n) is 16.8. The fourth-order valence-corrected chi connectivity index (χ4v) is 5.40. The Balaban J connectivity index is 1.33. The van der Waals surface area contributed by atoms with Gasteiger partial charge in [0, 0.05) is 50.4 Å². The van der Waals surface area contributed by atoms with Crippen molar-refractivity contribution in [1.29, 1.82) is 0 Å². The molecule has 0 radical (unpaired) electrons. The zero-order valence-corrected chi connectivity index (χ0v) is 16.8. The van der Waals surface area contributed by atoms with E-state index in [1.165, 1.54) is 19.3 Å². The number of carbonyl (C=O) groups excluding carboxylic acids is 2. The predicted molar refractivity (Wildman–Crippen MR) is 107 cm³/mol. The molecule has 6 nitrogen and oxygen atoms in total. The van der Waals surface area contributed by atoms with Crippen LogP contribution >= 0.6 is 0 Å². The standard InChI is InChI=1S/C22H31N3O3/c1-23(18-6-3-2-4-7-18)22(28)11-19(26)15-24-12-16-10-17(14-24)20-8-5-9-21(27)25(20)13-16/h5,8-9,16-18H,2-4,6-7,10-15H2,1H3. The molecule has 2 atom stereocenters. The minimum absolute atomic E-state index is 0.00881. The Morgan fingerprint density at radius 1 is 1.11 bits per heavy atom. The van der Waals surface area contributed by atoms with Gasteiger partial charge in [0.1, 0.15) is 0 Å². The number of hydrogen-bond donors (Lipinski definition) is 0. The summed E-state index contributed by atoms with van der Waals surface area (Å²) in [6.07, 6.45) is 6.82. The van der Waals surface area contributed by atoms with E-state index in [0.717, 1.165) is 44.6 Å². The largest absolute Gasteiger partial charge is 0.342 e. The van der Waals surface area contributed by atoms with Crippen molar-refractivity contribution in [2.75, 3.05) is 26.7 Å². The lowest BCUT2D eigenvalue weighted by molar-refractivity contribution is -0.137. The number of carbonyl (C=O) groups is 2. The Hall–Kier alpha value is -1.95. The first kappa shape index (κ1) is 19.4. The molecule has 0 N–H and O–H groups in total. The Labute approximate surface area is 166 Å². The monoisotopic (exact) mass is 385 g/mol. The Bertz CT molecular complexity index is 796. The van der Waals surface area contributed by atoms with Gasteiger partial charge in [0.15, 0.2) is 5.78 Å². The van der Waals surface area contributed by atoms with Gasteiger partial charge in [-0.15, -0.1) is 0 Å². The molecule has 152 valence electrons. The minimum Gasteiger partial charge on any atom is -0.342 e. The average molecular weight is 386 g/mol. The van der Waals surface area contributed by atoms with E-state index in [2.05, 4.69) is 4.90 Å². The maximum absolute atomic E-state index is 12.6. The summed E-state index contributed by atoms with van der Waals surface area (Å²) in [4.78, 5) is 41.2. The molecular weight excluding hydrogens is 354 g/mol. The van der Waals surface area contributed by atoms with Crippen LogP contribution in [0.15, 0.2) is 23.0 Å². The molecule has 4 rings (SSSR count). The van der Waals surface area contributed by atoms with Gasteiger partial charge in [-0.25, -0.2) is 0 Å². The van der Waals surface area contributed by atoms with Crippen LogP contribution in [0.4, 0.5) is 0 Å². The summed E-state index contributed by atoms with van der Waals surface area (Å²) in [7, 11) is 1.85. The molecule has 1 aliphatic carbocycles. The number of amides is 1. The summed E-state index contributed by atoms with van der Waals surface area (Å²) >= 11 is 0. The quantitative estimate of drug-likeness (QED) is 0.728. The molecule has 2 fully saturated rings. The van der Waals surface area contributed by atoms with Gasteiger partial charge in [0.2, 0.25) is 5.91 Å². The normalized spacial score (nSPS) is 25.2. The molecule has 0 spiro atoms. The van der Waals surface area contributed by atoms with Crippen LogP contribution in [0, 0.1) is 5.92 Å². The lowest BCUT2D eigenvalue weighted by Gasteiger charge is -2.42. The maximum Gasteiger partial charge on any atom is 0.250 e. The molecule has 6 heteroatoms. The highest BCUT2D eigenvalue weighted by Crippen LogP contribution is 2.34. The number of fused-ring (bicyclic) bond motifs is 4. The smallest absolute Gasteiger partial charge is 0.250 e. The summed E-state index contributed by atoms with van der Waals surface area (Å²) in [5.41, 5.74) is 1.17. The van der Waals surface area contributed by atoms with Crippen molar-refractivity contribution < 1.29 is 9.59 Å². The van der Waals surface area contributed by atoms with Crippen molar-refractivity contribution in [3.63, 3.8) is 0 Å². The van der Waals surface area contributed by atoms with E-state index in [-0.39, 0.29) is 23.7 Å². The van der Waals surface area contributed by atoms with Gasteiger partial charge in [-0.3, -0.25) is 19.3 Å². The van der Waals surface area contributed by atoms with Crippen molar-refractivity contribution in [2.45, 2.75) is 63.5 Å². The molecule has 2 unspecified atom stereocenters. The molecular formula is C22H31N3O3. The van der Waals surface area contributed by atoms with Crippen LogP contribution in [0.25, 0.3) is 0 Å². The van der Waals surface area contributed by atoms with E-state index >= 15 is 0 Å². The molecule has 28 heavy (non-hydrogen) atoms. The highest BCUT2D eigenvalue weighted by Gasteiger charge is 2.35. The first-order valence-corrected chi connectivity index (χ1v) is 10.7. The average Bonchev–Trinajstić information content (AvgIpc) is 2.68. The zero-order chi connectivity index (χ0) is 19.7. The number of rotatable bonds is 5. The van der Waals surface area contributed by atoms with Crippen molar-refractivity contribution in [2.24, 2.45) is 5.92 Å². The third kappa shape index (κ3) is 4.07. The van der Waals surface area contributed by atoms with Crippen molar-refractivity contribution >= 4 is 11.7 Å². The van der Waals surface area contributed by atoms with Crippen LogP contribution < -0.4 is 5.56 Å². The van der Waals surface area contributed by atoms with Crippen molar-refractivity contribution in [3.8, 4) is 0 Å². The molecule has 0 aromatic carbocycles. The lowest BCUT2D eigenvalue weighted by Crippen LogP contribution is -2.48. The van der Waals surface area contributed by atoms with Crippen LogP contribution in [-0.2, 0) is 16.1 Å². The first-order valence-electron chi connectivity index (χ1n) is 10.7. The fraction of sp³-hybridized carbons (Fsp3) is 0.682. The Kier molecular flexibility index (Phi) is 5.67. The van der Waals surface area contributed by atoms with Gasteiger partial charge in [0.05, 0.1) is 13.0 Å². The summed E-state index contributed by atoms with van der Waals surface area (Å²) in [6.45, 7) is 2.70. The third-order valence-electron chi connectivity index (χ3n) is 6.82. The third-order valence-corrected chi connectivity index (χ3v) is 6.82. The maximum atomic E-state index is 12.6. The number of aromatic nitrogens is 1. The molecule has 1 saturated heterocycles. The Morgan fingerprint density at radius 3 is 2.68 bits per heavy atom. The fourth-order valence-electron chi connectivity index (χ4n) is 5.40.